The summed E-state index contributed by atoms with van der Waals surface area (Å²) in [7, 11) is 2.97. The Bertz CT molecular complexity index is 1170. The highest BCUT2D eigenvalue weighted by Gasteiger charge is 2.32. The molecule has 1 aliphatic heterocycles. The van der Waals surface area contributed by atoms with Crippen molar-refractivity contribution in [2.24, 2.45) is 0 Å². The quantitative estimate of drug-likeness (QED) is 0.547. The average molecular weight is 466 g/mol. The average Bonchev–Trinajstić information content (AvgIpc) is 3.27. The predicted octanol–water partition coefficient (Wildman–Crippen LogP) is 4.81. The number of urea groups is 1. The van der Waals surface area contributed by atoms with Crippen molar-refractivity contribution in [3.8, 4) is 11.5 Å². The molecule has 1 heterocycles. The lowest BCUT2D eigenvalue weighted by atomic mass is 10.1. The molecular formula is C25H24ClN3O4. The number of carbonyl (C=O) groups excluding carboxylic acids is 2. The van der Waals surface area contributed by atoms with Gasteiger partial charge in [0, 0.05) is 18.3 Å². The van der Waals surface area contributed by atoms with E-state index in [1.54, 1.807) is 11.0 Å². The minimum Gasteiger partial charge on any atom is -0.495 e. The van der Waals surface area contributed by atoms with Gasteiger partial charge in [0.2, 0.25) is 0 Å². The number of amides is 3. The Morgan fingerprint density at radius 2 is 1.67 bits per heavy atom. The van der Waals surface area contributed by atoms with Gasteiger partial charge in [-0.1, -0.05) is 60.1 Å². The number of halogens is 1. The number of anilines is 2. The summed E-state index contributed by atoms with van der Waals surface area (Å²) in [5.74, 6) is 0.591. The molecular weight excluding hydrogens is 442 g/mol. The number of benzene rings is 3. The molecule has 0 spiro atoms. The van der Waals surface area contributed by atoms with Gasteiger partial charge in [-0.2, -0.15) is 0 Å². The second kappa shape index (κ2) is 9.83. The number of carbonyl (C=O) groups is 2. The molecule has 0 radical (unpaired) electrons. The largest absolute Gasteiger partial charge is 0.495 e. The Morgan fingerprint density at radius 3 is 2.39 bits per heavy atom. The Labute approximate surface area is 197 Å². The van der Waals surface area contributed by atoms with E-state index in [9.17, 15) is 9.59 Å². The number of nitrogens with zero attached hydrogens (tertiary/aromatic N) is 1. The highest BCUT2D eigenvalue weighted by molar-refractivity contribution is 6.32. The third kappa shape index (κ3) is 4.73. The first kappa shape index (κ1) is 22.5. The molecule has 33 heavy (non-hydrogen) atoms. The van der Waals surface area contributed by atoms with Gasteiger partial charge in [0.1, 0.15) is 17.5 Å². The minimum atomic E-state index is -0.878. The van der Waals surface area contributed by atoms with Crippen molar-refractivity contribution >= 4 is 34.9 Å². The number of hydrogen-bond donors (Lipinski definition) is 2. The maximum absolute atomic E-state index is 13.6. The molecule has 0 aliphatic carbocycles. The highest BCUT2D eigenvalue weighted by Crippen LogP contribution is 2.36. The minimum absolute atomic E-state index is 0.207. The van der Waals surface area contributed by atoms with Gasteiger partial charge in [0.05, 0.1) is 24.9 Å². The Morgan fingerprint density at radius 1 is 0.970 bits per heavy atom. The van der Waals surface area contributed by atoms with Crippen molar-refractivity contribution in [1.82, 2.24) is 5.32 Å². The van der Waals surface area contributed by atoms with Crippen molar-refractivity contribution in [3.63, 3.8) is 0 Å². The molecule has 3 aromatic rings. The maximum Gasteiger partial charge on any atom is 0.320 e. The van der Waals surface area contributed by atoms with Gasteiger partial charge >= 0.3 is 6.03 Å². The van der Waals surface area contributed by atoms with Crippen molar-refractivity contribution in [1.29, 1.82) is 0 Å². The van der Waals surface area contributed by atoms with Crippen molar-refractivity contribution < 1.29 is 19.1 Å². The van der Waals surface area contributed by atoms with E-state index >= 15 is 0 Å². The van der Waals surface area contributed by atoms with Gasteiger partial charge in [0.15, 0.2) is 0 Å². The molecule has 8 heteroatoms. The van der Waals surface area contributed by atoms with Crippen LogP contribution in [0, 0.1) is 0 Å². The fourth-order valence-corrected chi connectivity index (χ4v) is 4.14. The zero-order chi connectivity index (χ0) is 23.4. The van der Waals surface area contributed by atoms with E-state index in [0.29, 0.717) is 34.3 Å². The number of nitrogens with one attached hydrogen (secondary N) is 2. The van der Waals surface area contributed by atoms with Gasteiger partial charge in [-0.25, -0.2) is 4.79 Å². The van der Waals surface area contributed by atoms with Crippen LogP contribution in [-0.2, 0) is 11.2 Å². The van der Waals surface area contributed by atoms with Crippen LogP contribution in [0.15, 0.2) is 66.7 Å². The molecule has 1 aliphatic rings. The Balaban J connectivity index is 1.59. The van der Waals surface area contributed by atoms with E-state index in [-0.39, 0.29) is 5.91 Å². The number of methoxy groups -OCH3 is 2. The highest BCUT2D eigenvalue weighted by atomic mass is 35.5. The molecule has 170 valence electrons. The van der Waals surface area contributed by atoms with Crippen LogP contribution in [-0.4, -0.2) is 32.7 Å². The third-order valence-corrected chi connectivity index (χ3v) is 5.83. The fraction of sp³-hybridized carbons (Fsp3) is 0.200. The smallest absolute Gasteiger partial charge is 0.320 e. The molecule has 0 aromatic heterocycles. The second-order valence-corrected chi connectivity index (χ2v) is 7.90. The summed E-state index contributed by atoms with van der Waals surface area (Å²) in [5.41, 5.74) is 3.02. The zero-order valence-corrected chi connectivity index (χ0v) is 19.1. The van der Waals surface area contributed by atoms with Crippen LogP contribution >= 0.6 is 11.6 Å². The van der Waals surface area contributed by atoms with Crippen molar-refractivity contribution in [2.45, 2.75) is 12.5 Å². The first-order chi connectivity index (χ1) is 16.0. The fourth-order valence-electron chi connectivity index (χ4n) is 3.90. The van der Waals surface area contributed by atoms with Gasteiger partial charge in [-0.15, -0.1) is 0 Å². The summed E-state index contributed by atoms with van der Waals surface area (Å²) in [6, 6.07) is 18.6. The molecule has 7 nitrogen and oxygen atoms in total. The normalized spacial score (nSPS) is 13.1. The molecule has 1 unspecified atom stereocenters. The number of ether oxygens (including phenoxy) is 2. The number of hydrogen-bond acceptors (Lipinski definition) is 4. The van der Waals surface area contributed by atoms with Crippen LogP contribution in [0.25, 0.3) is 0 Å². The van der Waals surface area contributed by atoms with Gasteiger partial charge < -0.3 is 25.0 Å². The SMILES string of the molecule is COc1cc(OC)c(NC(=O)NC(C(=O)N2CCc3ccccc32)c2ccccc2)cc1Cl. The molecule has 2 N–H and O–H groups in total. The summed E-state index contributed by atoms with van der Waals surface area (Å²) < 4.78 is 10.5. The van der Waals surface area contributed by atoms with Gasteiger partial charge in [0.25, 0.3) is 5.91 Å². The molecule has 4 rings (SSSR count). The zero-order valence-electron chi connectivity index (χ0n) is 18.3. The standard InChI is InChI=1S/C25H24ClN3O4/c1-32-21-15-22(33-2)19(14-18(21)26)27-25(31)28-23(17-9-4-3-5-10-17)24(30)29-13-12-16-8-6-7-11-20(16)29/h3-11,14-15,23H,12-13H2,1-2H3,(H2,27,28,31). The van der Waals surface area contributed by atoms with E-state index in [4.69, 9.17) is 21.1 Å². The Hall–Kier alpha value is -3.71. The molecule has 0 saturated carbocycles. The van der Waals surface area contributed by atoms with Crippen molar-refractivity contribution in [2.75, 3.05) is 31.0 Å². The van der Waals surface area contributed by atoms with Gasteiger partial charge in [-0.05, 0) is 29.7 Å². The third-order valence-electron chi connectivity index (χ3n) is 5.53. The molecule has 0 saturated heterocycles. The van der Waals surface area contributed by atoms with E-state index in [1.807, 2.05) is 54.6 Å². The summed E-state index contributed by atoms with van der Waals surface area (Å²) in [4.78, 5) is 28.3. The maximum atomic E-state index is 13.6. The van der Waals surface area contributed by atoms with E-state index in [1.165, 1.54) is 20.3 Å². The number of rotatable bonds is 6. The Kier molecular flexibility index (Phi) is 6.70. The lowest BCUT2D eigenvalue weighted by Crippen LogP contribution is -2.43. The lowest BCUT2D eigenvalue weighted by molar-refractivity contribution is -0.120. The van der Waals surface area contributed by atoms with Crippen molar-refractivity contribution in [3.05, 3.63) is 82.9 Å². The topological polar surface area (TPSA) is 79.9 Å². The lowest BCUT2D eigenvalue weighted by Gasteiger charge is -2.25. The summed E-state index contributed by atoms with van der Waals surface area (Å²) in [6.45, 7) is 0.562. The molecule has 3 aromatic carbocycles. The van der Waals surface area contributed by atoms with Crippen LogP contribution in [0.2, 0.25) is 5.02 Å². The summed E-state index contributed by atoms with van der Waals surface area (Å²) >= 11 is 6.21. The van der Waals surface area contributed by atoms with Crippen LogP contribution in [0.4, 0.5) is 16.2 Å². The summed E-state index contributed by atoms with van der Waals surface area (Å²) in [6.07, 6.45) is 0.775. The number of para-hydroxylation sites is 1. The van der Waals surface area contributed by atoms with Crippen LogP contribution in [0.3, 0.4) is 0 Å². The van der Waals surface area contributed by atoms with E-state index in [2.05, 4.69) is 10.6 Å². The predicted molar refractivity (Wildman–Crippen MR) is 128 cm³/mol. The molecule has 0 fully saturated rings. The van der Waals surface area contributed by atoms with E-state index < -0.39 is 12.1 Å². The van der Waals surface area contributed by atoms with Crippen LogP contribution in [0.1, 0.15) is 17.2 Å². The number of fused-ring (bicyclic) bond motifs is 1. The monoisotopic (exact) mass is 465 g/mol. The molecule has 1 atom stereocenters. The molecule has 3 amide bonds. The first-order valence-electron chi connectivity index (χ1n) is 10.4. The first-order valence-corrected chi connectivity index (χ1v) is 10.8. The summed E-state index contributed by atoms with van der Waals surface area (Å²) in [5, 5.41) is 5.87. The second-order valence-electron chi connectivity index (χ2n) is 7.50. The van der Waals surface area contributed by atoms with Crippen LogP contribution < -0.4 is 25.0 Å². The van der Waals surface area contributed by atoms with E-state index in [0.717, 1.165) is 17.7 Å². The van der Waals surface area contributed by atoms with Gasteiger partial charge in [-0.3, -0.25) is 4.79 Å². The molecule has 0 bridgehead atoms. The van der Waals surface area contributed by atoms with Crippen LogP contribution in [0.5, 0.6) is 11.5 Å².